The topological polar surface area (TPSA) is 103 Å². The lowest BCUT2D eigenvalue weighted by Crippen LogP contribution is -2.36. The van der Waals surface area contributed by atoms with Gasteiger partial charge >= 0.3 is 5.97 Å². The molecule has 8 heteroatoms. The molecule has 7 nitrogen and oxygen atoms in total. The van der Waals surface area contributed by atoms with E-state index in [-0.39, 0.29) is 22.6 Å². The van der Waals surface area contributed by atoms with Crippen molar-refractivity contribution in [3.05, 3.63) is 82.4 Å². The van der Waals surface area contributed by atoms with Gasteiger partial charge in [-0.2, -0.15) is 0 Å². The van der Waals surface area contributed by atoms with Crippen LogP contribution in [0.5, 0.6) is 5.88 Å². The number of ketones is 1. The van der Waals surface area contributed by atoms with Gasteiger partial charge in [-0.1, -0.05) is 35.9 Å². The summed E-state index contributed by atoms with van der Waals surface area (Å²) in [7, 11) is 0. The molecule has 172 valence electrons. The summed E-state index contributed by atoms with van der Waals surface area (Å²) in [5, 5.41) is 20.8. The Kier molecular flexibility index (Phi) is 5.73. The molecular formula is C26H21ClN2O5. The Hall–Kier alpha value is -3.81. The molecule has 2 heterocycles. The number of benzene rings is 3. The molecule has 0 bridgehead atoms. The maximum Gasteiger partial charge on any atom is 0.335 e. The number of hydrogen-bond donors (Lipinski definition) is 3. The molecule has 1 fully saturated rings. The number of aromatic nitrogens is 1. The van der Waals surface area contributed by atoms with Gasteiger partial charge in [-0.05, 0) is 42.0 Å². The van der Waals surface area contributed by atoms with Crippen molar-refractivity contribution < 1.29 is 24.5 Å². The van der Waals surface area contributed by atoms with Crippen LogP contribution in [-0.4, -0.2) is 53.3 Å². The fourth-order valence-corrected chi connectivity index (χ4v) is 4.54. The summed E-state index contributed by atoms with van der Waals surface area (Å²) in [6.45, 7) is 3.08. The number of carboxylic acids is 1. The summed E-state index contributed by atoms with van der Waals surface area (Å²) in [5.41, 5.74) is 3.43. The third-order valence-corrected chi connectivity index (χ3v) is 6.33. The minimum absolute atomic E-state index is 0.00530. The lowest BCUT2D eigenvalue weighted by Gasteiger charge is -2.29. The number of anilines is 1. The van der Waals surface area contributed by atoms with E-state index in [2.05, 4.69) is 9.88 Å². The molecule has 1 saturated heterocycles. The molecule has 5 rings (SSSR count). The number of hydrogen-bond acceptors (Lipinski definition) is 5. The minimum Gasteiger partial charge on any atom is -0.494 e. The number of ether oxygens (including phenoxy) is 1. The number of nitrogens with one attached hydrogen (secondary N) is 1. The van der Waals surface area contributed by atoms with E-state index in [1.165, 1.54) is 24.3 Å². The summed E-state index contributed by atoms with van der Waals surface area (Å²) in [6.07, 6.45) is 0. The highest BCUT2D eigenvalue weighted by Crippen LogP contribution is 2.37. The van der Waals surface area contributed by atoms with Gasteiger partial charge in [-0.25, -0.2) is 4.79 Å². The number of H-pyrrole nitrogens is 1. The lowest BCUT2D eigenvalue weighted by molar-refractivity contribution is 0.0697. The molecule has 0 radical (unpaired) electrons. The molecule has 0 amide bonds. The van der Waals surface area contributed by atoms with E-state index in [1.807, 2.05) is 24.3 Å². The first kappa shape index (κ1) is 22.0. The van der Waals surface area contributed by atoms with Crippen LogP contribution < -0.4 is 4.90 Å². The largest absolute Gasteiger partial charge is 0.494 e. The second-order valence-corrected chi connectivity index (χ2v) is 8.49. The number of rotatable bonds is 5. The van der Waals surface area contributed by atoms with E-state index < -0.39 is 11.8 Å². The number of carboxylic acid groups (broad SMARTS) is 1. The highest BCUT2D eigenvalue weighted by molar-refractivity contribution is 6.34. The molecule has 0 atom stereocenters. The first-order valence-corrected chi connectivity index (χ1v) is 11.2. The van der Waals surface area contributed by atoms with E-state index in [0.717, 1.165) is 29.9 Å². The van der Waals surface area contributed by atoms with Gasteiger partial charge in [0.1, 0.15) is 0 Å². The smallest absolute Gasteiger partial charge is 0.335 e. The number of aromatic carboxylic acids is 1. The molecule has 0 saturated carbocycles. The van der Waals surface area contributed by atoms with Crippen LogP contribution in [0.2, 0.25) is 5.02 Å². The van der Waals surface area contributed by atoms with Crippen LogP contribution in [-0.2, 0) is 4.74 Å². The average molecular weight is 477 g/mol. The lowest BCUT2D eigenvalue weighted by atomic mass is 9.97. The van der Waals surface area contributed by atoms with E-state index >= 15 is 0 Å². The van der Waals surface area contributed by atoms with Gasteiger partial charge in [0, 0.05) is 35.3 Å². The predicted molar refractivity (Wildman–Crippen MR) is 130 cm³/mol. The number of halogens is 1. The van der Waals surface area contributed by atoms with Gasteiger partial charge < -0.3 is 24.8 Å². The Bertz CT molecular complexity index is 1400. The Labute approximate surface area is 200 Å². The number of aromatic amines is 1. The first-order valence-electron chi connectivity index (χ1n) is 10.8. The quantitative estimate of drug-likeness (QED) is 0.352. The van der Waals surface area contributed by atoms with Gasteiger partial charge in [-0.3, -0.25) is 4.79 Å². The highest BCUT2D eigenvalue weighted by atomic mass is 35.5. The zero-order valence-electron chi connectivity index (χ0n) is 18.0. The van der Waals surface area contributed by atoms with E-state index in [4.69, 9.17) is 16.3 Å². The molecular weight excluding hydrogens is 456 g/mol. The zero-order chi connectivity index (χ0) is 23.8. The van der Waals surface area contributed by atoms with Crippen LogP contribution >= 0.6 is 11.6 Å². The number of morpholine rings is 1. The number of nitrogens with zero attached hydrogens (tertiary/aromatic N) is 1. The van der Waals surface area contributed by atoms with Crippen LogP contribution in [0.4, 0.5) is 5.69 Å². The van der Waals surface area contributed by atoms with E-state index in [1.54, 1.807) is 12.1 Å². The molecule has 4 aromatic rings. The fraction of sp³-hybridized carbons (Fsp3) is 0.154. The van der Waals surface area contributed by atoms with Crippen molar-refractivity contribution in [1.82, 2.24) is 4.98 Å². The maximum absolute atomic E-state index is 13.2. The van der Waals surface area contributed by atoms with Gasteiger partial charge in [0.05, 0.1) is 34.9 Å². The van der Waals surface area contributed by atoms with Crippen molar-refractivity contribution in [3.63, 3.8) is 0 Å². The van der Waals surface area contributed by atoms with Crippen molar-refractivity contribution in [2.24, 2.45) is 0 Å². The summed E-state index contributed by atoms with van der Waals surface area (Å²) in [4.78, 5) is 29.6. The van der Waals surface area contributed by atoms with Crippen LogP contribution in [0.15, 0.2) is 60.7 Å². The molecule has 1 aliphatic heterocycles. The van der Waals surface area contributed by atoms with Crippen molar-refractivity contribution in [1.29, 1.82) is 0 Å². The Morgan fingerprint density at radius 3 is 2.38 bits per heavy atom. The van der Waals surface area contributed by atoms with Crippen molar-refractivity contribution >= 4 is 39.9 Å². The molecule has 3 aromatic carbocycles. The first-order chi connectivity index (χ1) is 16.4. The number of aromatic hydroxyl groups is 1. The summed E-state index contributed by atoms with van der Waals surface area (Å²) in [5.74, 6) is -1.91. The van der Waals surface area contributed by atoms with Gasteiger partial charge in [0.25, 0.3) is 0 Å². The number of fused-ring (bicyclic) bond motifs is 1. The highest BCUT2D eigenvalue weighted by Gasteiger charge is 2.22. The normalized spacial score (nSPS) is 13.9. The van der Waals surface area contributed by atoms with Crippen LogP contribution in [0, 0.1) is 0 Å². The van der Waals surface area contributed by atoms with Gasteiger partial charge in [-0.15, -0.1) is 0 Å². The second-order valence-electron chi connectivity index (χ2n) is 8.09. The second kappa shape index (κ2) is 8.85. The van der Waals surface area contributed by atoms with Crippen molar-refractivity contribution in [2.75, 3.05) is 31.2 Å². The van der Waals surface area contributed by atoms with Gasteiger partial charge in [0.15, 0.2) is 5.78 Å². The summed E-state index contributed by atoms with van der Waals surface area (Å²) < 4.78 is 5.41. The molecule has 0 aliphatic carbocycles. The Morgan fingerprint density at radius 2 is 1.68 bits per heavy atom. The molecule has 1 aliphatic rings. The molecule has 0 unspecified atom stereocenters. The molecule has 0 spiro atoms. The molecule has 3 N–H and O–H groups in total. The van der Waals surface area contributed by atoms with E-state index in [0.29, 0.717) is 29.1 Å². The standard InChI is InChI=1S/C26H21ClN2O5/c27-21-14-22-20(13-19(21)15-4-6-18(7-5-15)29-8-10-34-11-9-29)23(25(31)28-22)24(30)16-2-1-3-17(12-16)26(32)33/h1-7,12-14,28,31H,8-11H2,(H,32,33). The zero-order valence-corrected chi connectivity index (χ0v) is 18.8. The third-order valence-electron chi connectivity index (χ3n) is 6.02. The Balaban J connectivity index is 1.55. The predicted octanol–water partition coefficient (Wildman–Crippen LogP) is 4.96. The third kappa shape index (κ3) is 4.00. The minimum atomic E-state index is -1.13. The summed E-state index contributed by atoms with van der Waals surface area (Å²) in [6, 6.07) is 17.2. The Morgan fingerprint density at radius 1 is 0.971 bits per heavy atom. The number of carbonyl (C=O) groups is 2. The van der Waals surface area contributed by atoms with Crippen molar-refractivity contribution in [3.8, 4) is 17.0 Å². The number of carbonyl (C=O) groups excluding carboxylic acids is 1. The molecule has 1 aromatic heterocycles. The van der Waals surface area contributed by atoms with E-state index in [9.17, 15) is 19.8 Å². The molecule has 34 heavy (non-hydrogen) atoms. The maximum atomic E-state index is 13.2. The van der Waals surface area contributed by atoms with Crippen LogP contribution in [0.3, 0.4) is 0 Å². The van der Waals surface area contributed by atoms with Crippen LogP contribution in [0.25, 0.3) is 22.0 Å². The average Bonchev–Trinajstić information content (AvgIpc) is 3.18. The van der Waals surface area contributed by atoms with Crippen LogP contribution in [0.1, 0.15) is 26.3 Å². The monoisotopic (exact) mass is 476 g/mol. The van der Waals surface area contributed by atoms with Gasteiger partial charge in [0.2, 0.25) is 5.88 Å². The van der Waals surface area contributed by atoms with Crippen molar-refractivity contribution in [2.45, 2.75) is 0 Å². The SMILES string of the molecule is O=C(O)c1cccc(C(=O)c2c(O)[nH]c3cc(Cl)c(-c4ccc(N5CCOCC5)cc4)cc23)c1. The summed E-state index contributed by atoms with van der Waals surface area (Å²) >= 11 is 6.56. The fourth-order valence-electron chi connectivity index (χ4n) is 4.26.